The summed E-state index contributed by atoms with van der Waals surface area (Å²) in [5.74, 6) is 0. The number of H-pyrrole nitrogens is 1. The maximum Gasteiger partial charge on any atom is 0.381 e. The molecule has 0 radical (unpaired) electrons. The van der Waals surface area contributed by atoms with Crippen molar-refractivity contribution < 1.29 is 0 Å². The van der Waals surface area contributed by atoms with Gasteiger partial charge in [0.15, 0.2) is 0 Å². The number of aromatic amines is 1. The zero-order valence-electron chi connectivity index (χ0n) is 6.58. The van der Waals surface area contributed by atoms with Gasteiger partial charge in [0.05, 0.1) is 6.54 Å². The monoisotopic (exact) mass is 156 g/mol. The predicted molar refractivity (Wildman–Crippen MR) is 40.2 cm³/mol. The number of hydrogen-bond acceptors (Lipinski definition) is 3. The fraction of sp³-hybridized carbons (Fsp3) is 0.833. The highest BCUT2D eigenvalue weighted by atomic mass is 16.2. The fourth-order valence-corrected chi connectivity index (χ4v) is 0.862. The highest BCUT2D eigenvalue weighted by Crippen LogP contribution is 1.93. The summed E-state index contributed by atoms with van der Waals surface area (Å²) in [6.07, 6.45) is 3.36. The Morgan fingerprint density at radius 2 is 2.36 bits per heavy atom. The van der Waals surface area contributed by atoms with Gasteiger partial charge in [-0.2, -0.15) is 4.80 Å². The highest BCUT2D eigenvalue weighted by molar-refractivity contribution is 4.44. The van der Waals surface area contributed by atoms with E-state index in [1.54, 1.807) is 0 Å². The van der Waals surface area contributed by atoms with Crippen LogP contribution in [0.3, 0.4) is 0 Å². The van der Waals surface area contributed by atoms with Crippen LogP contribution in [0.15, 0.2) is 4.79 Å². The average Bonchev–Trinajstić information content (AvgIpc) is 2.37. The first-order valence-electron chi connectivity index (χ1n) is 3.82. The lowest BCUT2D eigenvalue weighted by Gasteiger charge is -1.95. The van der Waals surface area contributed by atoms with E-state index in [2.05, 4.69) is 22.3 Å². The molecule has 1 N–H and O–H groups in total. The van der Waals surface area contributed by atoms with Gasteiger partial charge in [-0.05, 0) is 11.6 Å². The molecular formula is C6H12N4O. The third-order valence-corrected chi connectivity index (χ3v) is 1.44. The van der Waals surface area contributed by atoms with Crippen LogP contribution >= 0.6 is 0 Å². The molecule has 5 nitrogen and oxygen atoms in total. The maximum absolute atomic E-state index is 10.5. The molecular weight excluding hydrogens is 144 g/mol. The molecule has 0 saturated heterocycles. The summed E-state index contributed by atoms with van der Waals surface area (Å²) in [7, 11) is 0. The third-order valence-electron chi connectivity index (χ3n) is 1.44. The topological polar surface area (TPSA) is 63.6 Å². The second kappa shape index (κ2) is 3.90. The van der Waals surface area contributed by atoms with Crippen molar-refractivity contribution in [2.24, 2.45) is 0 Å². The minimum absolute atomic E-state index is 0.374. The number of rotatable bonds is 4. The zero-order chi connectivity index (χ0) is 8.10. The molecule has 1 rings (SSSR count). The smallest absolute Gasteiger partial charge is 0.242 e. The largest absolute Gasteiger partial charge is 0.381 e. The molecule has 1 aromatic heterocycles. The van der Waals surface area contributed by atoms with Crippen LogP contribution in [0.25, 0.3) is 0 Å². The molecule has 11 heavy (non-hydrogen) atoms. The van der Waals surface area contributed by atoms with Crippen molar-refractivity contribution in [3.63, 3.8) is 0 Å². The summed E-state index contributed by atoms with van der Waals surface area (Å²) in [5, 5.41) is 9.36. The standard InChI is InChI=1S/C6H12N4O/c1-2-3-4-5-10-8-6(11)7-9-10/h2-5H2,1H3,(H,8,11). The van der Waals surface area contributed by atoms with E-state index in [0.29, 0.717) is 0 Å². The average molecular weight is 156 g/mol. The predicted octanol–water partition coefficient (Wildman–Crippen LogP) is 0.157. The van der Waals surface area contributed by atoms with E-state index in [1.165, 1.54) is 11.2 Å². The normalized spacial score (nSPS) is 10.3. The SMILES string of the molecule is CCCCCn1nnc(=O)[nH]1. The van der Waals surface area contributed by atoms with Crippen molar-refractivity contribution in [1.29, 1.82) is 0 Å². The zero-order valence-corrected chi connectivity index (χ0v) is 6.58. The minimum atomic E-state index is -0.374. The molecule has 0 spiro atoms. The Morgan fingerprint density at radius 3 is 2.91 bits per heavy atom. The van der Waals surface area contributed by atoms with Gasteiger partial charge in [0.25, 0.3) is 0 Å². The van der Waals surface area contributed by atoms with Crippen LogP contribution < -0.4 is 5.69 Å². The van der Waals surface area contributed by atoms with Crippen molar-refractivity contribution in [1.82, 2.24) is 20.2 Å². The Morgan fingerprint density at radius 1 is 1.55 bits per heavy atom. The lowest BCUT2D eigenvalue weighted by Crippen LogP contribution is -2.07. The lowest BCUT2D eigenvalue weighted by molar-refractivity contribution is 0.485. The molecule has 0 aliphatic carbocycles. The summed E-state index contributed by atoms with van der Waals surface area (Å²) < 4.78 is 0. The van der Waals surface area contributed by atoms with Crippen LogP contribution in [-0.2, 0) is 6.54 Å². The van der Waals surface area contributed by atoms with Crippen molar-refractivity contribution in [3.05, 3.63) is 10.5 Å². The quantitative estimate of drug-likeness (QED) is 0.631. The maximum atomic E-state index is 10.5. The van der Waals surface area contributed by atoms with Gasteiger partial charge >= 0.3 is 5.69 Å². The van der Waals surface area contributed by atoms with Gasteiger partial charge < -0.3 is 0 Å². The van der Waals surface area contributed by atoms with Crippen LogP contribution in [-0.4, -0.2) is 20.2 Å². The molecule has 0 aliphatic rings. The number of hydrogen-bond donors (Lipinski definition) is 1. The highest BCUT2D eigenvalue weighted by Gasteiger charge is 1.92. The first-order valence-corrected chi connectivity index (χ1v) is 3.82. The first-order chi connectivity index (χ1) is 5.33. The number of nitrogens with zero attached hydrogens (tertiary/aromatic N) is 3. The van der Waals surface area contributed by atoms with Crippen LogP contribution in [0.2, 0.25) is 0 Å². The third kappa shape index (κ3) is 2.53. The summed E-state index contributed by atoms with van der Waals surface area (Å²) in [6, 6.07) is 0. The van der Waals surface area contributed by atoms with E-state index in [1.807, 2.05) is 0 Å². The van der Waals surface area contributed by atoms with Gasteiger partial charge in [-0.25, -0.2) is 9.89 Å². The van der Waals surface area contributed by atoms with Crippen molar-refractivity contribution in [2.45, 2.75) is 32.7 Å². The molecule has 0 atom stereocenters. The summed E-state index contributed by atoms with van der Waals surface area (Å²) in [4.78, 5) is 11.9. The Bertz CT molecular complexity index is 251. The first kappa shape index (κ1) is 7.97. The molecule has 1 heterocycles. The number of aromatic nitrogens is 4. The van der Waals surface area contributed by atoms with E-state index in [0.717, 1.165) is 19.4 Å². The van der Waals surface area contributed by atoms with Crippen molar-refractivity contribution in [3.8, 4) is 0 Å². The van der Waals surface area contributed by atoms with Crippen LogP contribution in [0.1, 0.15) is 26.2 Å². The lowest BCUT2D eigenvalue weighted by atomic mass is 10.2. The molecule has 0 aromatic carbocycles. The second-order valence-corrected chi connectivity index (χ2v) is 2.44. The number of unbranched alkanes of at least 4 members (excludes halogenated alkanes) is 2. The Kier molecular flexibility index (Phi) is 2.83. The molecule has 0 fully saturated rings. The minimum Gasteiger partial charge on any atom is -0.242 e. The summed E-state index contributed by atoms with van der Waals surface area (Å²) in [6.45, 7) is 2.88. The molecule has 1 aromatic rings. The van der Waals surface area contributed by atoms with E-state index in [9.17, 15) is 4.79 Å². The molecule has 5 heteroatoms. The van der Waals surface area contributed by atoms with Gasteiger partial charge in [-0.1, -0.05) is 24.9 Å². The molecule has 0 aliphatic heterocycles. The Balaban J connectivity index is 2.33. The fourth-order valence-electron chi connectivity index (χ4n) is 0.862. The van der Waals surface area contributed by atoms with Gasteiger partial charge in [-0.3, -0.25) is 0 Å². The van der Waals surface area contributed by atoms with E-state index in [4.69, 9.17) is 0 Å². The molecule has 62 valence electrons. The van der Waals surface area contributed by atoms with Crippen molar-refractivity contribution in [2.75, 3.05) is 0 Å². The summed E-state index contributed by atoms with van der Waals surface area (Å²) >= 11 is 0. The van der Waals surface area contributed by atoms with E-state index >= 15 is 0 Å². The Labute approximate surface area is 64.4 Å². The molecule has 0 unspecified atom stereocenters. The van der Waals surface area contributed by atoms with E-state index in [-0.39, 0.29) is 5.69 Å². The Hall–Kier alpha value is -1.13. The second-order valence-electron chi connectivity index (χ2n) is 2.44. The molecule has 0 bridgehead atoms. The number of tetrazole rings is 1. The molecule has 0 amide bonds. The van der Waals surface area contributed by atoms with Gasteiger partial charge in [0.2, 0.25) is 0 Å². The number of aryl methyl sites for hydroxylation is 1. The number of nitrogens with one attached hydrogen (secondary N) is 1. The summed E-state index contributed by atoms with van der Waals surface area (Å²) in [5.41, 5.74) is -0.374. The molecule has 0 saturated carbocycles. The van der Waals surface area contributed by atoms with Crippen LogP contribution in [0.4, 0.5) is 0 Å². The van der Waals surface area contributed by atoms with Crippen molar-refractivity contribution >= 4 is 0 Å². The van der Waals surface area contributed by atoms with Gasteiger partial charge in [0, 0.05) is 0 Å². The van der Waals surface area contributed by atoms with Crippen LogP contribution in [0, 0.1) is 0 Å². The van der Waals surface area contributed by atoms with Gasteiger partial charge in [-0.15, -0.1) is 0 Å². The van der Waals surface area contributed by atoms with E-state index < -0.39 is 0 Å². The van der Waals surface area contributed by atoms with Gasteiger partial charge in [0.1, 0.15) is 0 Å². The van der Waals surface area contributed by atoms with Crippen LogP contribution in [0.5, 0.6) is 0 Å².